The van der Waals surface area contributed by atoms with Crippen LogP contribution in [0.4, 0.5) is 5.69 Å². The van der Waals surface area contributed by atoms with Gasteiger partial charge in [0.2, 0.25) is 0 Å². The lowest BCUT2D eigenvalue weighted by atomic mass is 10.0. The first kappa shape index (κ1) is 14.6. The Morgan fingerprint density at radius 2 is 1.77 bits per heavy atom. The fourth-order valence-corrected chi connectivity index (χ4v) is 4.28. The van der Waals surface area contributed by atoms with Crippen LogP contribution < -0.4 is 4.31 Å². The summed E-state index contributed by atoms with van der Waals surface area (Å²) < 4.78 is 27.0. The number of carboxylic acids is 1. The van der Waals surface area contributed by atoms with Gasteiger partial charge < -0.3 is 5.11 Å². The van der Waals surface area contributed by atoms with Crippen LogP contribution in [0.15, 0.2) is 53.4 Å². The summed E-state index contributed by atoms with van der Waals surface area (Å²) in [5.41, 5.74) is 1.76. The van der Waals surface area contributed by atoms with Crippen molar-refractivity contribution in [3.05, 3.63) is 59.7 Å². The molecule has 5 nitrogen and oxygen atoms in total. The van der Waals surface area contributed by atoms with E-state index in [9.17, 15) is 13.2 Å². The second-order valence-corrected chi connectivity index (χ2v) is 7.19. The largest absolute Gasteiger partial charge is 0.478 e. The highest BCUT2D eigenvalue weighted by molar-refractivity contribution is 7.92. The summed E-state index contributed by atoms with van der Waals surface area (Å²) in [6, 6.07) is 12.7. The van der Waals surface area contributed by atoms with Crippen molar-refractivity contribution < 1.29 is 18.3 Å². The molecule has 1 atom stereocenters. The molecule has 3 rings (SSSR count). The summed E-state index contributed by atoms with van der Waals surface area (Å²) in [5, 5.41) is 8.90. The average Bonchev–Trinajstić information content (AvgIpc) is 2.86. The third-order valence-electron chi connectivity index (χ3n) is 3.87. The van der Waals surface area contributed by atoms with E-state index in [2.05, 4.69) is 0 Å². The van der Waals surface area contributed by atoms with Crippen LogP contribution >= 0.6 is 0 Å². The third kappa shape index (κ3) is 2.25. The van der Waals surface area contributed by atoms with Gasteiger partial charge in [-0.3, -0.25) is 4.31 Å². The van der Waals surface area contributed by atoms with Gasteiger partial charge in [-0.1, -0.05) is 25.1 Å². The number of hydrogen-bond donors (Lipinski definition) is 1. The van der Waals surface area contributed by atoms with Gasteiger partial charge >= 0.3 is 5.97 Å². The third-order valence-corrected chi connectivity index (χ3v) is 5.66. The van der Waals surface area contributed by atoms with Gasteiger partial charge in [0, 0.05) is 12.5 Å². The van der Waals surface area contributed by atoms with Gasteiger partial charge in [0.1, 0.15) is 0 Å². The molecule has 0 spiro atoms. The molecule has 0 aliphatic carbocycles. The SMILES string of the molecule is C[C@H]1CN(S(=O)(=O)c2ccc(C(=O)O)cc2)c2ccccc21. The van der Waals surface area contributed by atoms with Crippen LogP contribution in [0.1, 0.15) is 28.8 Å². The lowest BCUT2D eigenvalue weighted by Crippen LogP contribution is -2.29. The zero-order valence-electron chi connectivity index (χ0n) is 11.9. The second kappa shape index (κ2) is 5.14. The van der Waals surface area contributed by atoms with Crippen molar-refractivity contribution in [3.63, 3.8) is 0 Å². The van der Waals surface area contributed by atoms with E-state index in [4.69, 9.17) is 5.11 Å². The van der Waals surface area contributed by atoms with E-state index in [0.29, 0.717) is 12.2 Å². The van der Waals surface area contributed by atoms with Crippen molar-refractivity contribution in [2.75, 3.05) is 10.8 Å². The predicted molar refractivity (Wildman–Crippen MR) is 82.8 cm³/mol. The molecule has 1 aliphatic rings. The number of sulfonamides is 1. The van der Waals surface area contributed by atoms with Gasteiger partial charge in [-0.25, -0.2) is 13.2 Å². The summed E-state index contributed by atoms with van der Waals surface area (Å²) >= 11 is 0. The number of carbonyl (C=O) groups is 1. The van der Waals surface area contributed by atoms with Crippen molar-refractivity contribution in [1.82, 2.24) is 0 Å². The van der Waals surface area contributed by atoms with Crippen molar-refractivity contribution >= 4 is 21.7 Å². The van der Waals surface area contributed by atoms with Gasteiger partial charge in [0.05, 0.1) is 16.1 Å². The van der Waals surface area contributed by atoms with Gasteiger partial charge in [-0.05, 0) is 35.9 Å². The zero-order valence-corrected chi connectivity index (χ0v) is 12.7. The maximum atomic E-state index is 12.8. The molecule has 0 saturated heterocycles. The number of nitrogens with zero attached hydrogens (tertiary/aromatic N) is 1. The van der Waals surface area contributed by atoms with Crippen LogP contribution in [0.25, 0.3) is 0 Å². The zero-order chi connectivity index (χ0) is 15.9. The van der Waals surface area contributed by atoms with E-state index >= 15 is 0 Å². The maximum absolute atomic E-state index is 12.8. The number of para-hydroxylation sites is 1. The molecule has 0 amide bonds. The fourth-order valence-electron chi connectivity index (χ4n) is 2.70. The van der Waals surface area contributed by atoms with Gasteiger partial charge in [-0.2, -0.15) is 0 Å². The van der Waals surface area contributed by atoms with E-state index in [1.54, 1.807) is 6.07 Å². The van der Waals surface area contributed by atoms with Crippen LogP contribution in [0.5, 0.6) is 0 Å². The fraction of sp³-hybridized carbons (Fsp3) is 0.188. The van der Waals surface area contributed by atoms with Crippen LogP contribution in [-0.4, -0.2) is 26.0 Å². The number of benzene rings is 2. The molecular formula is C16H15NO4S. The lowest BCUT2D eigenvalue weighted by molar-refractivity contribution is 0.0696. The minimum atomic E-state index is -3.69. The summed E-state index contributed by atoms with van der Waals surface area (Å²) in [5.74, 6) is -0.951. The molecule has 0 fully saturated rings. The van der Waals surface area contributed by atoms with E-state index in [0.717, 1.165) is 5.56 Å². The molecule has 1 heterocycles. The Morgan fingerprint density at radius 3 is 2.41 bits per heavy atom. The van der Waals surface area contributed by atoms with Gasteiger partial charge in [0.25, 0.3) is 10.0 Å². The van der Waals surface area contributed by atoms with Crippen LogP contribution in [0, 0.1) is 0 Å². The molecule has 1 N–H and O–H groups in total. The molecule has 2 aromatic carbocycles. The second-order valence-electron chi connectivity index (χ2n) is 5.33. The summed E-state index contributed by atoms with van der Waals surface area (Å²) in [7, 11) is -3.69. The molecule has 2 aromatic rings. The average molecular weight is 317 g/mol. The van der Waals surface area contributed by atoms with E-state index in [-0.39, 0.29) is 16.4 Å². The molecule has 114 valence electrons. The minimum Gasteiger partial charge on any atom is -0.478 e. The first-order valence-corrected chi connectivity index (χ1v) is 8.30. The first-order valence-electron chi connectivity index (χ1n) is 6.86. The van der Waals surface area contributed by atoms with Crippen molar-refractivity contribution in [2.45, 2.75) is 17.7 Å². The number of carboxylic acid groups (broad SMARTS) is 1. The first-order chi connectivity index (χ1) is 10.4. The Balaban J connectivity index is 2.02. The highest BCUT2D eigenvalue weighted by Crippen LogP contribution is 2.39. The van der Waals surface area contributed by atoms with Gasteiger partial charge in [-0.15, -0.1) is 0 Å². The standard InChI is InChI=1S/C16H15NO4S/c1-11-10-17(15-5-3-2-4-14(11)15)22(20,21)13-8-6-12(7-9-13)16(18)19/h2-9,11H,10H2,1H3,(H,18,19)/t11-/m0/s1. The van der Waals surface area contributed by atoms with Crippen LogP contribution in [0.2, 0.25) is 0 Å². The number of hydrogen-bond acceptors (Lipinski definition) is 3. The summed E-state index contributed by atoms with van der Waals surface area (Å²) in [6.45, 7) is 2.38. The minimum absolute atomic E-state index is 0.0640. The highest BCUT2D eigenvalue weighted by Gasteiger charge is 2.34. The monoisotopic (exact) mass is 317 g/mol. The highest BCUT2D eigenvalue weighted by atomic mass is 32.2. The van der Waals surface area contributed by atoms with E-state index < -0.39 is 16.0 Å². The molecule has 0 bridgehead atoms. The molecule has 0 radical (unpaired) electrons. The number of aromatic carboxylic acids is 1. The Labute approximate surface area is 128 Å². The quantitative estimate of drug-likeness (QED) is 0.944. The molecule has 0 unspecified atom stereocenters. The summed E-state index contributed by atoms with van der Waals surface area (Å²) in [6.07, 6.45) is 0. The number of rotatable bonds is 3. The summed E-state index contributed by atoms with van der Waals surface area (Å²) in [4.78, 5) is 11.0. The topological polar surface area (TPSA) is 74.7 Å². The Morgan fingerprint density at radius 1 is 1.14 bits per heavy atom. The molecule has 6 heteroatoms. The smallest absolute Gasteiger partial charge is 0.335 e. The Bertz CT molecular complexity index is 827. The Kier molecular flexibility index (Phi) is 3.41. The maximum Gasteiger partial charge on any atom is 0.335 e. The normalized spacial score (nSPS) is 17.3. The van der Waals surface area contributed by atoms with Crippen molar-refractivity contribution in [3.8, 4) is 0 Å². The number of anilines is 1. The molecule has 1 aliphatic heterocycles. The van der Waals surface area contributed by atoms with Crippen LogP contribution in [-0.2, 0) is 10.0 Å². The predicted octanol–water partition coefficient (Wildman–Crippen LogP) is 2.70. The molecule has 22 heavy (non-hydrogen) atoms. The molecule has 0 aromatic heterocycles. The van der Waals surface area contributed by atoms with E-state index in [1.807, 2.05) is 25.1 Å². The van der Waals surface area contributed by atoms with Crippen molar-refractivity contribution in [1.29, 1.82) is 0 Å². The lowest BCUT2D eigenvalue weighted by Gasteiger charge is -2.19. The van der Waals surface area contributed by atoms with Crippen LogP contribution in [0.3, 0.4) is 0 Å². The molecule has 0 saturated carbocycles. The number of fused-ring (bicyclic) bond motifs is 1. The van der Waals surface area contributed by atoms with Crippen molar-refractivity contribution in [2.24, 2.45) is 0 Å². The van der Waals surface area contributed by atoms with Gasteiger partial charge in [0.15, 0.2) is 0 Å². The molecular weight excluding hydrogens is 302 g/mol. The Hall–Kier alpha value is -2.34. The van der Waals surface area contributed by atoms with E-state index in [1.165, 1.54) is 28.6 Å².